The third-order valence-corrected chi connectivity index (χ3v) is 2.86. The van der Waals surface area contributed by atoms with E-state index in [1.807, 2.05) is 6.92 Å². The topological polar surface area (TPSA) is 99.2 Å². The Morgan fingerprint density at radius 2 is 2.00 bits per heavy atom. The van der Waals surface area contributed by atoms with Crippen LogP contribution in [-0.2, 0) is 0 Å². The van der Waals surface area contributed by atoms with Crippen LogP contribution in [0.3, 0.4) is 0 Å². The normalized spacial score (nSPS) is 22.1. The summed E-state index contributed by atoms with van der Waals surface area (Å²) < 4.78 is 0. The summed E-state index contributed by atoms with van der Waals surface area (Å²) in [6, 6.07) is 0. The Balaban J connectivity index is 2.62. The maximum absolute atomic E-state index is 10.6. The number of carbonyl (C=O) groups is 1. The van der Waals surface area contributed by atoms with E-state index in [1.54, 1.807) is 0 Å². The first-order valence-corrected chi connectivity index (χ1v) is 4.45. The molecule has 6 heteroatoms. The van der Waals surface area contributed by atoms with Crippen LogP contribution in [0.15, 0.2) is 5.16 Å². The van der Waals surface area contributed by atoms with Gasteiger partial charge in [0.1, 0.15) is 5.84 Å². The van der Waals surface area contributed by atoms with E-state index in [1.165, 1.54) is 4.90 Å². The molecule has 6 nitrogen and oxygen atoms in total. The van der Waals surface area contributed by atoms with Gasteiger partial charge < -0.3 is 20.9 Å². The molecular formula is C8H15N3O3. The third kappa shape index (κ3) is 1.89. The summed E-state index contributed by atoms with van der Waals surface area (Å²) in [4.78, 5) is 12.0. The molecule has 0 radical (unpaired) electrons. The van der Waals surface area contributed by atoms with Crippen molar-refractivity contribution in [3.63, 3.8) is 0 Å². The highest BCUT2D eigenvalue weighted by Gasteiger charge is 2.35. The molecule has 1 aliphatic rings. The Kier molecular flexibility index (Phi) is 2.83. The predicted octanol–water partition coefficient (Wildman–Crippen LogP) is 0.513. The van der Waals surface area contributed by atoms with Crippen molar-refractivity contribution in [3.8, 4) is 0 Å². The standard InChI is InChI=1S/C8H15N3O3/c1-8(6(9)10-14)2-4-11(5-3-8)7(12)13/h14H,2-5H2,1H3,(H2,9,10)(H,12,13). The number of piperidine rings is 1. The van der Waals surface area contributed by atoms with Gasteiger partial charge in [0.15, 0.2) is 0 Å². The van der Waals surface area contributed by atoms with E-state index in [0.717, 1.165) is 0 Å². The van der Waals surface area contributed by atoms with Gasteiger partial charge in [-0.1, -0.05) is 12.1 Å². The van der Waals surface area contributed by atoms with Gasteiger partial charge in [0.25, 0.3) is 0 Å². The third-order valence-electron chi connectivity index (χ3n) is 2.86. The number of carboxylic acid groups (broad SMARTS) is 1. The van der Waals surface area contributed by atoms with Gasteiger partial charge in [0, 0.05) is 18.5 Å². The number of amidine groups is 1. The lowest BCUT2D eigenvalue weighted by molar-refractivity contribution is 0.116. The Morgan fingerprint density at radius 1 is 1.50 bits per heavy atom. The molecule has 14 heavy (non-hydrogen) atoms. The highest BCUT2D eigenvalue weighted by molar-refractivity contribution is 5.85. The zero-order chi connectivity index (χ0) is 10.8. The molecule has 1 saturated heterocycles. The number of nitrogens with zero attached hydrogens (tertiary/aromatic N) is 2. The van der Waals surface area contributed by atoms with E-state index in [9.17, 15) is 4.79 Å². The number of likely N-dealkylation sites (tertiary alicyclic amines) is 1. The summed E-state index contributed by atoms with van der Waals surface area (Å²) in [5, 5.41) is 20.3. The number of amides is 1. The van der Waals surface area contributed by atoms with Crippen molar-refractivity contribution in [2.45, 2.75) is 19.8 Å². The molecule has 1 rings (SSSR count). The highest BCUT2D eigenvalue weighted by Crippen LogP contribution is 2.30. The number of nitrogens with two attached hydrogens (primary N) is 1. The SMILES string of the molecule is CC1(C(N)=NO)CCN(C(=O)O)CC1. The average molecular weight is 201 g/mol. The fourth-order valence-corrected chi connectivity index (χ4v) is 1.57. The van der Waals surface area contributed by atoms with Gasteiger partial charge in [-0.25, -0.2) is 4.79 Å². The Morgan fingerprint density at radius 3 is 2.36 bits per heavy atom. The number of rotatable bonds is 1. The van der Waals surface area contributed by atoms with Crippen LogP contribution in [0.1, 0.15) is 19.8 Å². The van der Waals surface area contributed by atoms with Crippen LogP contribution in [0.2, 0.25) is 0 Å². The van der Waals surface area contributed by atoms with Crippen molar-refractivity contribution in [2.75, 3.05) is 13.1 Å². The highest BCUT2D eigenvalue weighted by atomic mass is 16.4. The van der Waals surface area contributed by atoms with Crippen LogP contribution >= 0.6 is 0 Å². The summed E-state index contributed by atoms with van der Waals surface area (Å²) in [7, 11) is 0. The van der Waals surface area contributed by atoms with Gasteiger partial charge in [-0.2, -0.15) is 0 Å². The molecule has 0 aromatic carbocycles. The number of hydrogen-bond acceptors (Lipinski definition) is 3. The van der Waals surface area contributed by atoms with Gasteiger partial charge in [0.05, 0.1) is 0 Å². The zero-order valence-electron chi connectivity index (χ0n) is 8.10. The van der Waals surface area contributed by atoms with Crippen LogP contribution in [0.4, 0.5) is 4.79 Å². The molecular weight excluding hydrogens is 186 g/mol. The van der Waals surface area contributed by atoms with E-state index in [2.05, 4.69) is 5.16 Å². The van der Waals surface area contributed by atoms with Crippen molar-refractivity contribution >= 4 is 11.9 Å². The fraction of sp³-hybridized carbons (Fsp3) is 0.750. The van der Waals surface area contributed by atoms with Crippen LogP contribution in [0.25, 0.3) is 0 Å². The van der Waals surface area contributed by atoms with E-state index >= 15 is 0 Å². The quantitative estimate of drug-likeness (QED) is 0.249. The van der Waals surface area contributed by atoms with E-state index in [0.29, 0.717) is 25.9 Å². The lowest BCUT2D eigenvalue weighted by atomic mass is 9.79. The Bertz CT molecular complexity index is 257. The minimum atomic E-state index is -0.911. The molecule has 0 atom stereocenters. The average Bonchev–Trinajstić information content (AvgIpc) is 2.17. The van der Waals surface area contributed by atoms with Crippen LogP contribution in [0, 0.1) is 5.41 Å². The first kappa shape index (κ1) is 10.6. The smallest absolute Gasteiger partial charge is 0.407 e. The molecule has 1 aliphatic heterocycles. The van der Waals surface area contributed by atoms with Crippen molar-refractivity contribution in [1.29, 1.82) is 0 Å². The minimum Gasteiger partial charge on any atom is -0.465 e. The summed E-state index contributed by atoms with van der Waals surface area (Å²) >= 11 is 0. The lowest BCUT2D eigenvalue weighted by Gasteiger charge is -2.36. The Labute approximate surface area is 82.0 Å². The van der Waals surface area contributed by atoms with Crippen molar-refractivity contribution in [3.05, 3.63) is 0 Å². The minimum absolute atomic E-state index is 0.183. The molecule has 1 amide bonds. The van der Waals surface area contributed by atoms with E-state index < -0.39 is 6.09 Å². The molecule has 0 unspecified atom stereocenters. The molecule has 0 aliphatic carbocycles. The van der Waals surface area contributed by atoms with Crippen molar-refractivity contribution in [1.82, 2.24) is 4.90 Å². The molecule has 0 bridgehead atoms. The largest absolute Gasteiger partial charge is 0.465 e. The van der Waals surface area contributed by atoms with Gasteiger partial charge in [0.2, 0.25) is 0 Å². The van der Waals surface area contributed by atoms with Gasteiger partial charge in [-0.15, -0.1) is 0 Å². The second-order valence-corrected chi connectivity index (χ2v) is 3.82. The summed E-state index contributed by atoms with van der Waals surface area (Å²) in [6.07, 6.45) is 0.274. The summed E-state index contributed by atoms with van der Waals surface area (Å²) in [5.74, 6) is 0.183. The second-order valence-electron chi connectivity index (χ2n) is 3.82. The molecule has 1 fully saturated rings. The maximum atomic E-state index is 10.6. The van der Waals surface area contributed by atoms with E-state index in [4.69, 9.17) is 16.0 Å². The van der Waals surface area contributed by atoms with Crippen LogP contribution in [-0.4, -0.2) is 40.2 Å². The zero-order valence-corrected chi connectivity index (χ0v) is 8.10. The number of hydrogen-bond donors (Lipinski definition) is 3. The molecule has 0 aromatic rings. The molecule has 1 heterocycles. The monoisotopic (exact) mass is 201 g/mol. The molecule has 0 spiro atoms. The Hall–Kier alpha value is -1.46. The molecule has 4 N–H and O–H groups in total. The van der Waals surface area contributed by atoms with Crippen LogP contribution in [0.5, 0.6) is 0 Å². The summed E-state index contributed by atoms with van der Waals surface area (Å²) in [6.45, 7) is 2.74. The van der Waals surface area contributed by atoms with Gasteiger partial charge in [-0.05, 0) is 12.8 Å². The van der Waals surface area contributed by atoms with E-state index in [-0.39, 0.29) is 11.3 Å². The van der Waals surface area contributed by atoms with Crippen molar-refractivity contribution < 1.29 is 15.1 Å². The summed E-state index contributed by atoms with van der Waals surface area (Å²) in [5.41, 5.74) is 5.16. The fourth-order valence-electron chi connectivity index (χ4n) is 1.57. The van der Waals surface area contributed by atoms with Gasteiger partial charge >= 0.3 is 6.09 Å². The first-order valence-electron chi connectivity index (χ1n) is 4.45. The lowest BCUT2D eigenvalue weighted by Crippen LogP contribution is -2.47. The second kappa shape index (κ2) is 3.73. The molecule has 0 aromatic heterocycles. The molecule has 80 valence electrons. The van der Waals surface area contributed by atoms with Gasteiger partial charge in [-0.3, -0.25) is 0 Å². The molecule has 0 saturated carbocycles. The maximum Gasteiger partial charge on any atom is 0.407 e. The number of oxime groups is 1. The predicted molar refractivity (Wildman–Crippen MR) is 50.3 cm³/mol. The first-order chi connectivity index (χ1) is 6.49. The van der Waals surface area contributed by atoms with Crippen LogP contribution < -0.4 is 5.73 Å². The van der Waals surface area contributed by atoms with Crippen molar-refractivity contribution in [2.24, 2.45) is 16.3 Å².